The molecule has 3 aromatic carbocycles. The lowest BCUT2D eigenvalue weighted by atomic mass is 9.94. The van der Waals surface area contributed by atoms with Gasteiger partial charge in [-0.05, 0) is 79.4 Å². The first-order chi connectivity index (χ1) is 20.2. The van der Waals surface area contributed by atoms with Gasteiger partial charge in [-0.25, -0.2) is 4.98 Å². The van der Waals surface area contributed by atoms with Crippen molar-refractivity contribution >= 4 is 44.1 Å². The lowest BCUT2D eigenvalue weighted by molar-refractivity contribution is -0.132. The highest BCUT2D eigenvalue weighted by atomic mass is 32.1. The van der Waals surface area contributed by atoms with Crippen LogP contribution in [0.15, 0.2) is 54.1 Å². The number of nitrogens with zero attached hydrogens (tertiary/aromatic N) is 2. The number of hydrogen-bond acceptors (Lipinski definition) is 9. The quantitative estimate of drug-likeness (QED) is 0.137. The van der Waals surface area contributed by atoms with Gasteiger partial charge in [0.1, 0.15) is 11.5 Å². The largest absolute Gasteiger partial charge is 0.507 e. The first-order valence-electron chi connectivity index (χ1n) is 13.4. The van der Waals surface area contributed by atoms with Crippen molar-refractivity contribution in [3.05, 3.63) is 76.4 Å². The Morgan fingerprint density at radius 2 is 1.64 bits per heavy atom. The minimum atomic E-state index is -1.03. The fourth-order valence-corrected chi connectivity index (χ4v) is 6.32. The number of aliphatic hydroxyl groups is 1. The number of fused-ring (bicyclic) bond motifs is 1. The topological polar surface area (TPSA) is 107 Å². The Balaban J connectivity index is 1.74. The molecule has 1 saturated heterocycles. The van der Waals surface area contributed by atoms with Crippen LogP contribution in [0, 0.1) is 13.8 Å². The van der Waals surface area contributed by atoms with Gasteiger partial charge in [0.05, 0.1) is 49.8 Å². The zero-order chi connectivity index (χ0) is 30.1. The fraction of sp³-hybridized carbons (Fsp3) is 0.281. The molecule has 10 heteroatoms. The van der Waals surface area contributed by atoms with Gasteiger partial charge in [0.2, 0.25) is 5.75 Å². The summed E-state index contributed by atoms with van der Waals surface area (Å²) in [7, 11) is 4.46. The molecule has 1 N–H and O–H groups in total. The van der Waals surface area contributed by atoms with Crippen molar-refractivity contribution < 1.29 is 33.6 Å². The summed E-state index contributed by atoms with van der Waals surface area (Å²) in [4.78, 5) is 33.6. The highest BCUT2D eigenvalue weighted by Crippen LogP contribution is 2.48. The van der Waals surface area contributed by atoms with Gasteiger partial charge < -0.3 is 24.1 Å². The number of ether oxygens (including phenoxy) is 4. The Morgan fingerprint density at radius 3 is 2.24 bits per heavy atom. The van der Waals surface area contributed by atoms with Crippen LogP contribution in [0.5, 0.6) is 23.0 Å². The molecule has 1 aliphatic heterocycles. The van der Waals surface area contributed by atoms with Gasteiger partial charge in [-0.2, -0.15) is 0 Å². The molecule has 5 rings (SSSR count). The van der Waals surface area contributed by atoms with Crippen LogP contribution in [0.25, 0.3) is 16.0 Å². The summed E-state index contributed by atoms with van der Waals surface area (Å²) in [5.74, 6) is -0.276. The van der Waals surface area contributed by atoms with Crippen LogP contribution in [0.3, 0.4) is 0 Å². The van der Waals surface area contributed by atoms with Crippen molar-refractivity contribution in [1.82, 2.24) is 4.98 Å². The molecule has 0 bridgehead atoms. The van der Waals surface area contributed by atoms with E-state index in [9.17, 15) is 14.7 Å². The molecule has 9 nitrogen and oxygen atoms in total. The van der Waals surface area contributed by atoms with Gasteiger partial charge in [0.25, 0.3) is 5.78 Å². The van der Waals surface area contributed by atoms with Gasteiger partial charge in [0.15, 0.2) is 16.6 Å². The normalized spacial score (nSPS) is 16.2. The molecule has 1 amide bonds. The second-order valence-electron chi connectivity index (χ2n) is 9.93. The summed E-state index contributed by atoms with van der Waals surface area (Å²) in [6, 6.07) is 13.1. The number of aliphatic hydroxyl groups excluding tert-OH is 1. The van der Waals surface area contributed by atoms with Gasteiger partial charge >= 0.3 is 5.91 Å². The number of ketones is 1. The van der Waals surface area contributed by atoms with Crippen LogP contribution < -0.4 is 23.8 Å². The number of anilines is 1. The average Bonchev–Trinajstić information content (AvgIpc) is 3.53. The van der Waals surface area contributed by atoms with Crippen molar-refractivity contribution in [2.24, 2.45) is 0 Å². The molecule has 4 aromatic rings. The molecule has 1 atom stereocenters. The van der Waals surface area contributed by atoms with Gasteiger partial charge in [-0.3, -0.25) is 14.5 Å². The fourth-order valence-electron chi connectivity index (χ4n) is 5.15. The number of aromatic nitrogens is 1. The van der Waals surface area contributed by atoms with E-state index < -0.39 is 17.7 Å². The second-order valence-corrected chi connectivity index (χ2v) is 10.9. The zero-order valence-corrected chi connectivity index (χ0v) is 25.1. The SMILES string of the molecule is CCCOc1ccc(/C(O)=C2\C(=O)C(=O)N(c3nc4c(C)cc(C)cc4s3)C2c2cc(OC)c(OC)c(OC)c2)cc1. The van der Waals surface area contributed by atoms with Crippen LogP contribution in [-0.4, -0.2) is 49.7 Å². The van der Waals surface area contributed by atoms with E-state index in [4.69, 9.17) is 23.9 Å². The Kier molecular flexibility index (Phi) is 8.08. The lowest BCUT2D eigenvalue weighted by Gasteiger charge is -2.24. The molecule has 0 radical (unpaired) electrons. The summed E-state index contributed by atoms with van der Waals surface area (Å²) >= 11 is 1.31. The number of amides is 1. The third-order valence-corrected chi connectivity index (χ3v) is 8.07. The Labute approximate surface area is 247 Å². The number of aryl methyl sites for hydroxylation is 2. The highest BCUT2D eigenvalue weighted by Gasteiger charge is 2.48. The minimum Gasteiger partial charge on any atom is -0.507 e. The molecule has 0 aliphatic carbocycles. The predicted octanol–water partition coefficient (Wildman–Crippen LogP) is 6.35. The standard InChI is InChI=1S/C32H32N2O7S/c1-7-12-41-21-10-8-19(9-11-21)28(35)25-27(20-15-22(38-4)30(40-6)23(16-20)39-5)34(31(37)29(25)36)32-33-26-18(3)13-17(2)14-24(26)42-32/h8-11,13-16,27,35H,7,12H2,1-6H3/b28-25+. The van der Waals surface area contributed by atoms with Gasteiger partial charge in [-0.1, -0.05) is 24.3 Å². The molecule has 0 spiro atoms. The van der Waals surface area contributed by atoms with Crippen molar-refractivity contribution in [2.45, 2.75) is 33.2 Å². The number of thiazole rings is 1. The molecule has 1 aromatic heterocycles. The molecule has 0 saturated carbocycles. The Morgan fingerprint density at radius 1 is 0.976 bits per heavy atom. The monoisotopic (exact) mass is 588 g/mol. The van der Waals surface area contributed by atoms with E-state index in [-0.39, 0.29) is 11.3 Å². The van der Waals surface area contributed by atoms with Crippen molar-refractivity contribution in [1.29, 1.82) is 0 Å². The molecule has 1 fully saturated rings. The molecular weight excluding hydrogens is 556 g/mol. The summed E-state index contributed by atoms with van der Waals surface area (Å²) in [6.45, 7) is 6.51. The smallest absolute Gasteiger partial charge is 0.301 e. The van der Waals surface area contributed by atoms with Crippen LogP contribution >= 0.6 is 11.3 Å². The third kappa shape index (κ3) is 5.02. The molecule has 1 unspecified atom stereocenters. The summed E-state index contributed by atoms with van der Waals surface area (Å²) < 4.78 is 23.2. The first kappa shape index (κ1) is 28.9. The van der Waals surface area contributed by atoms with E-state index in [0.29, 0.717) is 45.9 Å². The molecule has 2 heterocycles. The average molecular weight is 589 g/mol. The summed E-state index contributed by atoms with van der Waals surface area (Å²) in [5, 5.41) is 11.9. The lowest BCUT2D eigenvalue weighted by Crippen LogP contribution is -2.29. The maximum atomic E-state index is 13.8. The van der Waals surface area contributed by atoms with Crippen molar-refractivity contribution in [3.8, 4) is 23.0 Å². The Bertz CT molecular complexity index is 1680. The van der Waals surface area contributed by atoms with Crippen LogP contribution in [0.2, 0.25) is 0 Å². The number of carbonyl (C=O) groups is 2. The number of carbonyl (C=O) groups excluding carboxylic acids is 2. The van der Waals surface area contributed by atoms with E-state index in [2.05, 4.69) is 0 Å². The van der Waals surface area contributed by atoms with Crippen molar-refractivity contribution in [2.75, 3.05) is 32.8 Å². The number of methoxy groups -OCH3 is 3. The second kappa shape index (κ2) is 11.7. The number of benzene rings is 3. The van der Waals surface area contributed by atoms with Crippen LogP contribution in [-0.2, 0) is 9.59 Å². The molecule has 218 valence electrons. The van der Waals surface area contributed by atoms with E-state index in [0.717, 1.165) is 27.8 Å². The van der Waals surface area contributed by atoms with Gasteiger partial charge in [-0.15, -0.1) is 0 Å². The highest BCUT2D eigenvalue weighted by molar-refractivity contribution is 7.22. The van der Waals surface area contributed by atoms with E-state index in [1.165, 1.54) is 37.6 Å². The summed E-state index contributed by atoms with van der Waals surface area (Å²) in [6.07, 6.45) is 0.852. The number of rotatable bonds is 9. The Hall–Kier alpha value is -4.57. The van der Waals surface area contributed by atoms with E-state index in [1.807, 2.05) is 32.9 Å². The van der Waals surface area contributed by atoms with Crippen LogP contribution in [0.4, 0.5) is 5.13 Å². The number of hydrogen-bond donors (Lipinski definition) is 1. The molecular formula is C32H32N2O7S. The van der Waals surface area contributed by atoms with Crippen molar-refractivity contribution in [3.63, 3.8) is 0 Å². The van der Waals surface area contributed by atoms with E-state index in [1.54, 1.807) is 36.4 Å². The molecule has 1 aliphatic rings. The maximum absolute atomic E-state index is 13.8. The first-order valence-corrected chi connectivity index (χ1v) is 14.3. The zero-order valence-electron chi connectivity index (χ0n) is 24.3. The van der Waals surface area contributed by atoms with Gasteiger partial charge in [0, 0.05) is 5.56 Å². The van der Waals surface area contributed by atoms with Crippen LogP contribution in [0.1, 0.15) is 41.6 Å². The molecule has 42 heavy (non-hydrogen) atoms. The summed E-state index contributed by atoms with van der Waals surface area (Å²) in [5.41, 5.74) is 3.52. The number of Topliss-reactive ketones (excluding diaryl/α,β-unsaturated/α-hetero) is 1. The minimum absolute atomic E-state index is 0.0799. The third-order valence-electron chi connectivity index (χ3n) is 7.07. The van der Waals surface area contributed by atoms with E-state index >= 15 is 0 Å². The maximum Gasteiger partial charge on any atom is 0.301 e. The predicted molar refractivity (Wildman–Crippen MR) is 162 cm³/mol.